The average Bonchev–Trinajstić information content (AvgIpc) is 1.58. The largest absolute Gasteiger partial charge is 0.473 e. The first-order chi connectivity index (χ1) is 40.9. The molecule has 14 atom stereocenters. The molecule has 0 saturated carbocycles. The highest BCUT2D eigenvalue weighted by molar-refractivity contribution is 8.07. The van der Waals surface area contributed by atoms with E-state index in [0.717, 1.165) is 6.42 Å². The molecule has 6 bridgehead atoms. The molecule has 32 heteroatoms. The highest BCUT2D eigenvalue weighted by Crippen LogP contribution is 2.61. The fraction of sp³-hybridized carbons (Fsp3) is 0.737. The van der Waals surface area contributed by atoms with Gasteiger partial charge in [-0.3, -0.25) is 27.3 Å². The van der Waals surface area contributed by atoms with E-state index < -0.39 is 79.4 Å². The molecule has 0 radical (unpaired) electrons. The molecular formula is C57H89N15O14P2S. The number of phosphoric acid groups is 1. The number of nitrogens with zero attached hydrogens (tertiary/aromatic N) is 12. The fourth-order valence-electron chi connectivity index (χ4n) is 13.0. The Kier molecular flexibility index (Phi) is 17.5. The van der Waals surface area contributed by atoms with Crippen LogP contribution in [0.5, 0.6) is 0 Å². The summed E-state index contributed by atoms with van der Waals surface area (Å²) >= 11 is 5.34. The van der Waals surface area contributed by atoms with E-state index in [1.165, 1.54) is 19.0 Å². The van der Waals surface area contributed by atoms with Gasteiger partial charge in [0.05, 0.1) is 55.6 Å². The number of fused-ring (bicyclic) bond motifs is 9. The highest BCUT2D eigenvalue weighted by atomic mass is 32.5. The topological polar surface area (TPSA) is 368 Å². The fourth-order valence-corrected chi connectivity index (χ4v) is 16.6. The number of imidazole rings is 3. The van der Waals surface area contributed by atoms with Crippen LogP contribution in [-0.2, 0) is 67.6 Å². The third-order valence-corrected chi connectivity index (χ3v) is 18.2. The molecule has 0 amide bonds. The number of aromatic nitrogens is 12. The first kappa shape index (κ1) is 67.3. The molecule has 6 fully saturated rings. The van der Waals surface area contributed by atoms with Crippen molar-refractivity contribution in [3.63, 3.8) is 0 Å². The molecule has 0 aromatic carbocycles. The average molecular weight is 1300 g/mol. The molecule has 6 aromatic heterocycles. The summed E-state index contributed by atoms with van der Waals surface area (Å²) in [5.41, 5.74) is 16.7. The highest BCUT2D eigenvalue weighted by Gasteiger charge is 2.68. The molecule has 12 heterocycles. The Morgan fingerprint density at radius 1 is 0.494 bits per heavy atom. The van der Waals surface area contributed by atoms with Crippen molar-refractivity contribution in [2.75, 3.05) is 37.0 Å². The summed E-state index contributed by atoms with van der Waals surface area (Å²) in [6.45, 7) is 33.4. The molecular weight excluding hydrogens is 1210 g/mol. The third kappa shape index (κ3) is 14.3. The van der Waals surface area contributed by atoms with Crippen LogP contribution in [0.2, 0.25) is 0 Å². The third-order valence-electron chi connectivity index (χ3n) is 15.1. The molecule has 0 spiro atoms. The number of ether oxygens (including phenoxy) is 7. The molecule has 6 saturated heterocycles. The van der Waals surface area contributed by atoms with Crippen LogP contribution in [0.25, 0.3) is 33.5 Å². The van der Waals surface area contributed by atoms with Gasteiger partial charge in [0, 0.05) is 0 Å². The second kappa shape index (κ2) is 23.2. The van der Waals surface area contributed by atoms with Crippen LogP contribution < -0.4 is 17.2 Å². The lowest BCUT2D eigenvalue weighted by atomic mass is 9.80. The van der Waals surface area contributed by atoms with Gasteiger partial charge in [-0.05, 0) is 110 Å². The molecule has 8 N–H and O–H groups in total. The number of anilines is 3. The molecule has 6 aliphatic rings. The van der Waals surface area contributed by atoms with Crippen LogP contribution in [0.15, 0.2) is 38.0 Å². The van der Waals surface area contributed by atoms with Gasteiger partial charge in [-0.1, -0.05) is 62.3 Å². The second-order valence-corrected chi connectivity index (χ2v) is 34.6. The van der Waals surface area contributed by atoms with Crippen LogP contribution in [0.1, 0.15) is 163 Å². The van der Waals surface area contributed by atoms with Crippen molar-refractivity contribution in [1.29, 1.82) is 0 Å². The number of phosphoric ester groups is 1. The summed E-state index contributed by atoms with van der Waals surface area (Å²) in [5, 5.41) is 0. The maximum Gasteiger partial charge on any atom is 0.473 e. The lowest BCUT2D eigenvalue weighted by molar-refractivity contribution is -0.187. The number of nitrogens with two attached hydrogens (primary N) is 3. The van der Waals surface area contributed by atoms with Crippen molar-refractivity contribution in [1.82, 2.24) is 58.6 Å². The quantitative estimate of drug-likeness (QED) is 0.0677. The molecule has 0 aliphatic carbocycles. The monoisotopic (exact) mass is 1300 g/mol. The summed E-state index contributed by atoms with van der Waals surface area (Å²) in [7, 11) is -4.40. The Bertz CT molecular complexity index is 3500. The molecule has 6 aromatic rings. The molecule has 492 valence electrons. The minimum absolute atomic E-state index is 0.0657. The first-order valence-corrected chi connectivity index (χ1v) is 33.8. The summed E-state index contributed by atoms with van der Waals surface area (Å²) in [4.78, 5) is 59.2. The minimum Gasteiger partial charge on any atom is -0.382 e. The maximum absolute atomic E-state index is 12.8. The van der Waals surface area contributed by atoms with Gasteiger partial charge in [-0.25, -0.2) is 49.4 Å². The number of nitrogen functional groups attached to an aromatic ring is 3. The Hall–Kier alpha value is -4.59. The number of hydrogen-bond acceptors (Lipinski definition) is 25. The standard InChI is InChI=1S/C19H30N5O6P.C19H30N5O5PS.C19H29N5O3/c1-17(2,3)7-19-8-27-12(13(19)29-31(25,26)30-18(4,5)6)16(28-19)24-10-23-11-14(20)21-9-22-15(11)24;1-17(2,3)7-19-8-26-12(13(19)28-30(25,31)29-18(4,5)6)16(27-19)24-10-23-11-14(20)21-9-22-15(11)24;1-17(2,3)7-19-8-25-12(13(19)26-18(4,5)6)16(27-19)24-10-23-11-14(20)21-9-22-15(11)24/h9-10,12-13,16H,7-8H2,1-6H3,(H,25,26)(H2,20,21,22);9-10,12-13,16H,7-8H2,1-6H3,(H,25,31)(H2,20,21,22);9-10,12-13,16H,7-8H2,1-6H3,(H2,20,21,22)/t12-,13?,16+,19-;12-,13?,16+,19-,30?;12-,13?,16+,19-/m000/s1. The zero-order valence-electron chi connectivity index (χ0n) is 54.1. The van der Waals surface area contributed by atoms with Gasteiger partial charge in [0.1, 0.15) is 89.0 Å². The minimum atomic E-state index is -4.40. The van der Waals surface area contributed by atoms with Crippen LogP contribution in [0.3, 0.4) is 0 Å². The van der Waals surface area contributed by atoms with Crippen molar-refractivity contribution < 1.29 is 65.6 Å². The SMILES string of the molecule is CC(C)(C)C[C@]12CO[C@@H](C1OC(C)(C)C)[C@H](n1cnc3c(N)ncnc31)O2.CC(C)(C)C[C@]12CO[C@@H](C1OP(=O)(O)OC(C)(C)C)[C@H](n1cnc3c(N)ncnc31)O2.CC(C)(C)C[C@]12CO[C@@H](C1OP(O)(=S)OC(C)(C)C)[C@H](n1cnc3c(N)ncnc31)O2. The summed E-state index contributed by atoms with van der Waals surface area (Å²) in [6.07, 6.45) is 6.36. The molecule has 12 rings (SSSR count). The van der Waals surface area contributed by atoms with Crippen molar-refractivity contribution in [3.8, 4) is 0 Å². The van der Waals surface area contributed by atoms with E-state index in [1.807, 2.05) is 25.3 Å². The number of rotatable bonds is 13. The van der Waals surface area contributed by atoms with E-state index >= 15 is 0 Å². The van der Waals surface area contributed by atoms with Gasteiger partial charge < -0.3 is 64.7 Å². The smallest absolute Gasteiger partial charge is 0.382 e. The summed E-state index contributed by atoms with van der Waals surface area (Å²) < 4.78 is 85.5. The van der Waals surface area contributed by atoms with Crippen LogP contribution in [0.4, 0.5) is 17.5 Å². The van der Waals surface area contributed by atoms with Crippen molar-refractivity contribution in [3.05, 3.63) is 38.0 Å². The predicted octanol–water partition coefficient (Wildman–Crippen LogP) is 8.43. The van der Waals surface area contributed by atoms with Crippen molar-refractivity contribution in [2.24, 2.45) is 16.2 Å². The van der Waals surface area contributed by atoms with Crippen molar-refractivity contribution >= 4 is 77.3 Å². The van der Waals surface area contributed by atoms with E-state index in [2.05, 4.69) is 128 Å². The molecule has 6 aliphatic heterocycles. The van der Waals surface area contributed by atoms with E-state index in [4.69, 9.17) is 80.3 Å². The van der Waals surface area contributed by atoms with Gasteiger partial charge in [0.2, 0.25) is 0 Å². The van der Waals surface area contributed by atoms with E-state index in [-0.39, 0.29) is 58.5 Å². The first-order valence-electron chi connectivity index (χ1n) is 29.7. The molecule has 5 unspecified atom stereocenters. The maximum atomic E-state index is 12.8. The Morgan fingerprint density at radius 2 is 0.809 bits per heavy atom. The van der Waals surface area contributed by atoms with Gasteiger partial charge in [0.15, 0.2) is 53.1 Å². The van der Waals surface area contributed by atoms with E-state index in [1.54, 1.807) is 48.9 Å². The molecule has 89 heavy (non-hydrogen) atoms. The lowest BCUT2D eigenvalue weighted by Gasteiger charge is -2.38. The van der Waals surface area contributed by atoms with Crippen LogP contribution >= 0.6 is 14.5 Å². The molecule has 29 nitrogen and oxygen atoms in total. The zero-order valence-corrected chi connectivity index (χ0v) is 56.7. The van der Waals surface area contributed by atoms with Gasteiger partial charge in [-0.2, -0.15) is 0 Å². The summed E-state index contributed by atoms with van der Waals surface area (Å²) in [6, 6.07) is 0. The van der Waals surface area contributed by atoms with Crippen molar-refractivity contribution in [2.45, 2.75) is 233 Å². The van der Waals surface area contributed by atoms with E-state index in [0.29, 0.717) is 65.4 Å². The number of hydrogen-bond donors (Lipinski definition) is 5. The Balaban J connectivity index is 0.000000148. The predicted molar refractivity (Wildman–Crippen MR) is 332 cm³/mol. The van der Waals surface area contributed by atoms with Gasteiger partial charge in [-0.15, -0.1) is 0 Å². The second-order valence-electron chi connectivity index (χ2n) is 30.6. The van der Waals surface area contributed by atoms with Gasteiger partial charge in [0.25, 0.3) is 0 Å². The van der Waals surface area contributed by atoms with Gasteiger partial charge >= 0.3 is 14.5 Å². The lowest BCUT2D eigenvalue weighted by Crippen LogP contribution is -2.47. The van der Waals surface area contributed by atoms with Crippen LogP contribution in [0, 0.1) is 16.2 Å². The Morgan fingerprint density at radius 3 is 1.12 bits per heavy atom. The normalized spacial score (nSPS) is 30.9. The van der Waals surface area contributed by atoms with E-state index in [9.17, 15) is 14.4 Å². The van der Waals surface area contributed by atoms with Crippen LogP contribution in [-0.4, -0.2) is 158 Å². The zero-order chi connectivity index (χ0) is 65.3. The Labute approximate surface area is 523 Å². The summed E-state index contributed by atoms with van der Waals surface area (Å²) in [5.74, 6) is 0.896.